The maximum Gasteiger partial charge on any atom is 0.233 e. The molecular weight excluding hydrogens is 220 g/mol. The first-order valence-electron chi connectivity index (χ1n) is 5.07. The number of nitriles is 2. The number of nitrogens with zero attached hydrogens (tertiary/aromatic N) is 4. The van der Waals surface area contributed by atoms with E-state index in [2.05, 4.69) is 4.98 Å². The summed E-state index contributed by atoms with van der Waals surface area (Å²) in [5.41, 5.74) is 2.44. The summed E-state index contributed by atoms with van der Waals surface area (Å²) in [6.45, 7) is 0.551. The van der Waals surface area contributed by atoms with Gasteiger partial charge in [0.05, 0.1) is 6.33 Å². The number of amides is 1. The highest BCUT2D eigenvalue weighted by Crippen LogP contribution is 2.07. The van der Waals surface area contributed by atoms with Crippen LogP contribution < -0.4 is 11.3 Å². The fourth-order valence-electron chi connectivity index (χ4n) is 1.39. The SMILES string of the molecule is N#Cc1ncn(CCCCC(=O)NN)c1C#N. The van der Waals surface area contributed by atoms with Gasteiger partial charge in [-0.15, -0.1) is 0 Å². The van der Waals surface area contributed by atoms with Crippen molar-refractivity contribution >= 4 is 5.91 Å². The first kappa shape index (κ1) is 12.7. The molecule has 17 heavy (non-hydrogen) atoms. The van der Waals surface area contributed by atoms with Gasteiger partial charge in [-0.05, 0) is 12.8 Å². The molecule has 0 aromatic carbocycles. The molecule has 7 heteroatoms. The zero-order valence-corrected chi connectivity index (χ0v) is 9.18. The normalized spacial score (nSPS) is 9.35. The summed E-state index contributed by atoms with van der Waals surface area (Å²) in [4.78, 5) is 14.7. The van der Waals surface area contributed by atoms with Gasteiger partial charge in [-0.1, -0.05) is 0 Å². The lowest BCUT2D eigenvalue weighted by atomic mass is 10.2. The molecule has 0 fully saturated rings. The molecule has 0 aliphatic carbocycles. The summed E-state index contributed by atoms with van der Waals surface area (Å²) in [7, 11) is 0. The van der Waals surface area contributed by atoms with E-state index in [1.54, 1.807) is 4.57 Å². The molecule has 1 aromatic rings. The number of aryl methyl sites for hydroxylation is 1. The van der Waals surface area contributed by atoms with Crippen molar-refractivity contribution in [2.75, 3.05) is 0 Å². The average Bonchev–Trinajstić information content (AvgIpc) is 2.76. The van der Waals surface area contributed by atoms with E-state index in [1.165, 1.54) is 6.33 Å². The van der Waals surface area contributed by atoms with Gasteiger partial charge in [-0.2, -0.15) is 10.5 Å². The van der Waals surface area contributed by atoms with E-state index in [-0.39, 0.29) is 17.3 Å². The van der Waals surface area contributed by atoms with Crippen LogP contribution in [0.1, 0.15) is 30.7 Å². The van der Waals surface area contributed by atoms with E-state index < -0.39 is 0 Å². The zero-order chi connectivity index (χ0) is 12.7. The number of unbranched alkanes of at least 4 members (excludes halogenated alkanes) is 1. The lowest BCUT2D eigenvalue weighted by molar-refractivity contribution is -0.121. The summed E-state index contributed by atoms with van der Waals surface area (Å²) in [6, 6.07) is 3.78. The molecule has 0 radical (unpaired) electrons. The van der Waals surface area contributed by atoms with Crippen LogP contribution in [0.25, 0.3) is 0 Å². The van der Waals surface area contributed by atoms with Gasteiger partial charge in [-0.25, -0.2) is 10.8 Å². The second kappa shape index (κ2) is 6.26. The number of hydrogen-bond donors (Lipinski definition) is 2. The number of hydrogen-bond acceptors (Lipinski definition) is 5. The third-order valence-electron chi connectivity index (χ3n) is 2.26. The third-order valence-corrected chi connectivity index (χ3v) is 2.26. The molecule has 1 rings (SSSR count). The highest BCUT2D eigenvalue weighted by atomic mass is 16.2. The van der Waals surface area contributed by atoms with Gasteiger partial charge in [-0.3, -0.25) is 10.2 Å². The van der Waals surface area contributed by atoms with E-state index in [0.717, 1.165) is 0 Å². The summed E-state index contributed by atoms with van der Waals surface area (Å²) in [6.07, 6.45) is 3.18. The molecule has 0 unspecified atom stereocenters. The maximum atomic E-state index is 10.8. The first-order chi connectivity index (χ1) is 8.22. The highest BCUT2D eigenvalue weighted by Gasteiger charge is 2.09. The Hall–Kier alpha value is -2.38. The summed E-state index contributed by atoms with van der Waals surface area (Å²) < 4.78 is 1.61. The molecule has 1 aromatic heterocycles. The Labute approximate surface area is 98.4 Å². The number of carbonyl (C=O) groups excluding carboxylic acids is 1. The summed E-state index contributed by atoms with van der Waals surface area (Å²) >= 11 is 0. The molecule has 0 aliphatic heterocycles. The van der Waals surface area contributed by atoms with Gasteiger partial charge >= 0.3 is 0 Å². The smallest absolute Gasteiger partial charge is 0.233 e. The Morgan fingerprint density at radius 3 is 2.82 bits per heavy atom. The molecule has 0 atom stereocenters. The second-order valence-electron chi connectivity index (χ2n) is 3.38. The van der Waals surface area contributed by atoms with E-state index in [0.29, 0.717) is 25.8 Å². The van der Waals surface area contributed by atoms with Crippen molar-refractivity contribution in [3.05, 3.63) is 17.7 Å². The van der Waals surface area contributed by atoms with Gasteiger partial charge in [0.2, 0.25) is 5.91 Å². The minimum absolute atomic E-state index is 0.132. The van der Waals surface area contributed by atoms with Crippen LogP contribution in [0.15, 0.2) is 6.33 Å². The van der Waals surface area contributed by atoms with Crippen molar-refractivity contribution in [1.29, 1.82) is 10.5 Å². The molecule has 0 bridgehead atoms. The van der Waals surface area contributed by atoms with Crippen molar-refractivity contribution in [3.8, 4) is 12.1 Å². The molecule has 1 amide bonds. The highest BCUT2D eigenvalue weighted by molar-refractivity contribution is 5.75. The minimum atomic E-state index is -0.214. The first-order valence-corrected chi connectivity index (χ1v) is 5.07. The molecule has 3 N–H and O–H groups in total. The van der Waals surface area contributed by atoms with Gasteiger partial charge in [0.1, 0.15) is 12.1 Å². The molecule has 0 saturated carbocycles. The lowest BCUT2D eigenvalue weighted by Crippen LogP contribution is -2.29. The number of rotatable bonds is 5. The number of hydrazine groups is 1. The lowest BCUT2D eigenvalue weighted by Gasteiger charge is -2.03. The van der Waals surface area contributed by atoms with Crippen LogP contribution >= 0.6 is 0 Å². The van der Waals surface area contributed by atoms with Crippen LogP contribution in [-0.4, -0.2) is 15.5 Å². The Balaban J connectivity index is 2.48. The van der Waals surface area contributed by atoms with Crippen LogP contribution in [0.3, 0.4) is 0 Å². The van der Waals surface area contributed by atoms with E-state index in [1.807, 2.05) is 17.6 Å². The summed E-state index contributed by atoms with van der Waals surface area (Å²) in [5.74, 6) is 4.72. The monoisotopic (exact) mass is 232 g/mol. The Morgan fingerprint density at radius 2 is 2.24 bits per heavy atom. The quantitative estimate of drug-likeness (QED) is 0.315. The van der Waals surface area contributed by atoms with Crippen LogP contribution in [-0.2, 0) is 11.3 Å². The van der Waals surface area contributed by atoms with E-state index in [4.69, 9.17) is 16.4 Å². The van der Waals surface area contributed by atoms with Crippen molar-refractivity contribution in [3.63, 3.8) is 0 Å². The second-order valence-corrected chi connectivity index (χ2v) is 3.38. The number of imidazole rings is 1. The van der Waals surface area contributed by atoms with Gasteiger partial charge in [0, 0.05) is 13.0 Å². The number of nitrogens with one attached hydrogen (secondary N) is 1. The van der Waals surface area contributed by atoms with Crippen LogP contribution in [0.5, 0.6) is 0 Å². The number of nitrogens with two attached hydrogens (primary N) is 1. The van der Waals surface area contributed by atoms with Crippen LogP contribution in [0.4, 0.5) is 0 Å². The number of aromatic nitrogens is 2. The average molecular weight is 232 g/mol. The van der Waals surface area contributed by atoms with Crippen molar-refractivity contribution < 1.29 is 4.79 Å². The van der Waals surface area contributed by atoms with Crippen molar-refractivity contribution in [1.82, 2.24) is 15.0 Å². The van der Waals surface area contributed by atoms with E-state index in [9.17, 15) is 4.79 Å². The number of carbonyl (C=O) groups is 1. The molecule has 7 nitrogen and oxygen atoms in total. The zero-order valence-electron chi connectivity index (χ0n) is 9.18. The van der Waals surface area contributed by atoms with Crippen molar-refractivity contribution in [2.45, 2.75) is 25.8 Å². The standard InChI is InChI=1S/C10H12N6O/c11-5-8-9(6-12)16(7-14-8)4-2-1-3-10(17)15-13/h7H,1-4,13H2,(H,15,17). The molecule has 88 valence electrons. The Kier molecular flexibility index (Phi) is 4.67. The largest absolute Gasteiger partial charge is 0.321 e. The Morgan fingerprint density at radius 1 is 1.47 bits per heavy atom. The summed E-state index contributed by atoms with van der Waals surface area (Å²) in [5, 5.41) is 17.6. The molecule has 0 saturated heterocycles. The molecule has 0 aliphatic rings. The molecular formula is C10H12N6O. The fourth-order valence-corrected chi connectivity index (χ4v) is 1.39. The van der Waals surface area contributed by atoms with Crippen LogP contribution in [0.2, 0.25) is 0 Å². The van der Waals surface area contributed by atoms with Crippen molar-refractivity contribution in [2.24, 2.45) is 5.84 Å². The Bertz CT molecular complexity index is 478. The van der Waals surface area contributed by atoms with E-state index >= 15 is 0 Å². The van der Waals surface area contributed by atoms with Gasteiger partial charge in [0.15, 0.2) is 11.4 Å². The minimum Gasteiger partial charge on any atom is -0.321 e. The predicted molar refractivity (Wildman–Crippen MR) is 57.8 cm³/mol. The topological polar surface area (TPSA) is 121 Å². The molecule has 0 spiro atoms. The third kappa shape index (κ3) is 3.30. The fraction of sp³-hybridized carbons (Fsp3) is 0.400. The molecule has 1 heterocycles. The van der Waals surface area contributed by atoms with Gasteiger partial charge < -0.3 is 4.57 Å². The van der Waals surface area contributed by atoms with Crippen LogP contribution in [0, 0.1) is 22.7 Å². The predicted octanol–water partition coefficient (Wildman–Crippen LogP) is -0.213. The maximum absolute atomic E-state index is 10.8. The van der Waals surface area contributed by atoms with Gasteiger partial charge in [0.25, 0.3) is 0 Å².